The summed E-state index contributed by atoms with van der Waals surface area (Å²) in [5.41, 5.74) is 0.191. The van der Waals surface area contributed by atoms with Gasteiger partial charge >= 0.3 is 0 Å². The minimum absolute atomic E-state index is 0.108. The molecule has 1 amide bonds. The van der Waals surface area contributed by atoms with E-state index in [0.29, 0.717) is 41.7 Å². The molecule has 0 saturated heterocycles. The molecule has 8 nitrogen and oxygen atoms in total. The van der Waals surface area contributed by atoms with Gasteiger partial charge in [0.2, 0.25) is 11.7 Å². The molecule has 0 radical (unpaired) electrons. The number of benzene rings is 1. The zero-order valence-electron chi connectivity index (χ0n) is 15.6. The van der Waals surface area contributed by atoms with Crippen LogP contribution in [0, 0.1) is 5.82 Å². The molecule has 0 spiro atoms. The third-order valence-corrected chi connectivity index (χ3v) is 5.28. The first kappa shape index (κ1) is 19.2. The molecule has 3 heterocycles. The summed E-state index contributed by atoms with van der Waals surface area (Å²) in [6, 6.07) is 7.56. The Morgan fingerprint density at radius 3 is 2.93 bits per heavy atom. The van der Waals surface area contributed by atoms with Gasteiger partial charge in [-0.1, -0.05) is 18.7 Å². The molecule has 3 aromatic heterocycles. The maximum Gasteiger partial charge on any atom is 0.262 e. The van der Waals surface area contributed by atoms with E-state index in [1.54, 1.807) is 22.8 Å². The highest BCUT2D eigenvalue weighted by atomic mass is 32.2. The number of aryl methyl sites for hydroxylation is 1. The SMILES string of the molecule is CCCn1c(=O)c2cc(F)ccc2n2c(SCC(=O)NCc3ccco3)nnc12. The number of carbonyl (C=O) groups is 1. The van der Waals surface area contributed by atoms with E-state index in [-0.39, 0.29) is 22.6 Å². The van der Waals surface area contributed by atoms with Gasteiger partial charge in [-0.25, -0.2) is 4.39 Å². The average Bonchev–Trinajstić information content (AvgIpc) is 3.38. The highest BCUT2D eigenvalue weighted by Crippen LogP contribution is 2.22. The second-order valence-electron chi connectivity index (χ2n) is 6.38. The first-order chi connectivity index (χ1) is 14.1. The minimum atomic E-state index is -0.489. The van der Waals surface area contributed by atoms with E-state index in [1.807, 2.05) is 6.92 Å². The number of nitrogens with one attached hydrogen (secondary N) is 1. The molecule has 0 saturated carbocycles. The molecule has 4 rings (SSSR count). The number of amides is 1. The lowest BCUT2D eigenvalue weighted by Crippen LogP contribution is -2.25. The van der Waals surface area contributed by atoms with Crippen LogP contribution in [-0.4, -0.2) is 30.8 Å². The van der Waals surface area contributed by atoms with Crippen molar-refractivity contribution in [3.63, 3.8) is 0 Å². The molecule has 4 aromatic rings. The van der Waals surface area contributed by atoms with E-state index in [1.165, 1.54) is 34.5 Å². The molecule has 0 aliphatic rings. The van der Waals surface area contributed by atoms with Crippen LogP contribution in [0.15, 0.2) is 51.0 Å². The predicted molar refractivity (Wildman–Crippen MR) is 106 cm³/mol. The van der Waals surface area contributed by atoms with Gasteiger partial charge in [0.25, 0.3) is 5.56 Å². The van der Waals surface area contributed by atoms with Crippen LogP contribution in [0.25, 0.3) is 16.7 Å². The Morgan fingerprint density at radius 1 is 1.31 bits per heavy atom. The summed E-state index contributed by atoms with van der Waals surface area (Å²) in [6.45, 7) is 2.67. The van der Waals surface area contributed by atoms with Gasteiger partial charge in [0.05, 0.1) is 29.5 Å². The summed E-state index contributed by atoms with van der Waals surface area (Å²) < 4.78 is 22.1. The smallest absolute Gasteiger partial charge is 0.262 e. The van der Waals surface area contributed by atoms with Crippen LogP contribution in [0.1, 0.15) is 19.1 Å². The Hall–Kier alpha value is -3.14. The number of thioether (sulfide) groups is 1. The highest BCUT2D eigenvalue weighted by Gasteiger charge is 2.18. The largest absolute Gasteiger partial charge is 0.467 e. The highest BCUT2D eigenvalue weighted by molar-refractivity contribution is 7.99. The summed E-state index contributed by atoms with van der Waals surface area (Å²) in [5, 5.41) is 11.8. The lowest BCUT2D eigenvalue weighted by Gasteiger charge is -2.10. The molecule has 0 aliphatic heterocycles. The molecule has 10 heteroatoms. The molecular formula is C19H18FN5O3S. The summed E-state index contributed by atoms with van der Waals surface area (Å²) in [6.07, 6.45) is 2.25. The van der Waals surface area contributed by atoms with Gasteiger partial charge in [0.15, 0.2) is 5.16 Å². The molecule has 0 fully saturated rings. The quantitative estimate of drug-likeness (QED) is 0.466. The maximum atomic E-state index is 13.8. The lowest BCUT2D eigenvalue weighted by molar-refractivity contribution is -0.118. The summed E-state index contributed by atoms with van der Waals surface area (Å²) in [5.74, 6) is 0.455. The minimum Gasteiger partial charge on any atom is -0.467 e. The van der Waals surface area contributed by atoms with E-state index < -0.39 is 5.82 Å². The Kier molecular flexibility index (Phi) is 5.34. The zero-order valence-corrected chi connectivity index (χ0v) is 16.4. The van der Waals surface area contributed by atoms with Gasteiger partial charge in [0, 0.05) is 6.54 Å². The normalized spacial score (nSPS) is 11.4. The third-order valence-electron chi connectivity index (χ3n) is 4.35. The average molecular weight is 415 g/mol. The van der Waals surface area contributed by atoms with Gasteiger partial charge in [-0.2, -0.15) is 0 Å². The molecule has 29 heavy (non-hydrogen) atoms. The molecule has 1 N–H and O–H groups in total. The summed E-state index contributed by atoms with van der Waals surface area (Å²) in [4.78, 5) is 25.0. The number of nitrogens with zero attached hydrogens (tertiary/aromatic N) is 4. The number of halogens is 1. The fourth-order valence-electron chi connectivity index (χ4n) is 3.06. The van der Waals surface area contributed by atoms with Crippen molar-refractivity contribution in [2.75, 3.05) is 5.75 Å². The molecular weight excluding hydrogens is 397 g/mol. The Morgan fingerprint density at radius 2 is 2.17 bits per heavy atom. The molecule has 0 unspecified atom stereocenters. The number of hydrogen-bond donors (Lipinski definition) is 1. The first-order valence-corrected chi connectivity index (χ1v) is 10.1. The molecule has 0 atom stereocenters. The van der Waals surface area contributed by atoms with Crippen molar-refractivity contribution < 1.29 is 13.6 Å². The topological polar surface area (TPSA) is 94.4 Å². The van der Waals surface area contributed by atoms with Gasteiger partial charge in [-0.15, -0.1) is 10.2 Å². The van der Waals surface area contributed by atoms with Crippen LogP contribution in [0.3, 0.4) is 0 Å². The van der Waals surface area contributed by atoms with Crippen molar-refractivity contribution in [3.8, 4) is 0 Å². The Labute approximate surface area is 168 Å². The van der Waals surface area contributed by atoms with Crippen LogP contribution >= 0.6 is 11.8 Å². The third kappa shape index (κ3) is 3.75. The monoisotopic (exact) mass is 415 g/mol. The fraction of sp³-hybridized carbons (Fsp3) is 0.263. The van der Waals surface area contributed by atoms with E-state index in [9.17, 15) is 14.0 Å². The van der Waals surface area contributed by atoms with E-state index >= 15 is 0 Å². The van der Waals surface area contributed by atoms with Crippen molar-refractivity contribution in [2.45, 2.75) is 31.6 Å². The van der Waals surface area contributed by atoms with Crippen LogP contribution < -0.4 is 10.9 Å². The molecule has 150 valence electrons. The second kappa shape index (κ2) is 8.08. The maximum absolute atomic E-state index is 13.8. The standard InChI is InChI=1S/C19H18FN5O3S/c1-2-7-24-17(27)14-9-12(20)5-6-15(14)25-18(24)22-23-19(25)29-11-16(26)21-10-13-4-3-8-28-13/h3-6,8-9H,2,7,10-11H2,1H3,(H,21,26). The van der Waals surface area contributed by atoms with Crippen molar-refractivity contribution in [3.05, 3.63) is 58.5 Å². The van der Waals surface area contributed by atoms with Crippen LogP contribution in [-0.2, 0) is 17.9 Å². The van der Waals surface area contributed by atoms with Crippen molar-refractivity contribution in [1.29, 1.82) is 0 Å². The number of furan rings is 1. The van der Waals surface area contributed by atoms with Gasteiger partial charge in [-0.3, -0.25) is 18.6 Å². The van der Waals surface area contributed by atoms with E-state index in [4.69, 9.17) is 4.42 Å². The number of rotatable bonds is 7. The summed E-state index contributed by atoms with van der Waals surface area (Å²) in [7, 11) is 0. The van der Waals surface area contributed by atoms with Crippen LogP contribution in [0.4, 0.5) is 4.39 Å². The number of carbonyl (C=O) groups excluding carboxylic acids is 1. The van der Waals surface area contributed by atoms with Crippen molar-refractivity contribution >= 4 is 34.3 Å². The van der Waals surface area contributed by atoms with Gasteiger partial charge < -0.3 is 9.73 Å². The van der Waals surface area contributed by atoms with Crippen molar-refractivity contribution in [1.82, 2.24) is 24.5 Å². The fourth-order valence-corrected chi connectivity index (χ4v) is 3.83. The second-order valence-corrected chi connectivity index (χ2v) is 7.32. The van der Waals surface area contributed by atoms with Crippen LogP contribution in [0.2, 0.25) is 0 Å². The predicted octanol–water partition coefficient (Wildman–Crippen LogP) is 2.59. The van der Waals surface area contributed by atoms with Crippen molar-refractivity contribution in [2.24, 2.45) is 0 Å². The van der Waals surface area contributed by atoms with E-state index in [2.05, 4.69) is 15.5 Å². The van der Waals surface area contributed by atoms with Gasteiger partial charge in [-0.05, 0) is 36.8 Å². The zero-order chi connectivity index (χ0) is 20.4. The lowest BCUT2D eigenvalue weighted by atomic mass is 10.2. The van der Waals surface area contributed by atoms with E-state index in [0.717, 1.165) is 0 Å². The molecule has 1 aromatic carbocycles. The number of fused-ring (bicyclic) bond motifs is 3. The molecule has 0 bridgehead atoms. The Bertz CT molecular complexity index is 1230. The molecule has 0 aliphatic carbocycles. The van der Waals surface area contributed by atoms with Gasteiger partial charge in [0.1, 0.15) is 11.6 Å². The van der Waals surface area contributed by atoms with Crippen LogP contribution in [0.5, 0.6) is 0 Å². The first-order valence-electron chi connectivity index (χ1n) is 9.07. The number of aromatic nitrogens is 4. The number of hydrogen-bond acceptors (Lipinski definition) is 6. The summed E-state index contributed by atoms with van der Waals surface area (Å²) >= 11 is 1.19. The Balaban J connectivity index is 1.65.